The molecule has 5 rings (SSSR count). The first-order valence-corrected chi connectivity index (χ1v) is 14.0. The molecule has 0 unspecified atom stereocenters. The number of hydrogen-bond acceptors (Lipinski definition) is 7. The lowest BCUT2D eigenvalue weighted by Crippen LogP contribution is -2.24. The Kier molecular flexibility index (Phi) is 9.17. The number of carbonyl (C=O) groups excluding carboxylic acids is 1. The highest BCUT2D eigenvalue weighted by Gasteiger charge is 2.16. The van der Waals surface area contributed by atoms with Gasteiger partial charge in [-0.25, -0.2) is 4.39 Å². The largest absolute Gasteiger partial charge is 0.492 e. The number of amides is 1. The van der Waals surface area contributed by atoms with Crippen molar-refractivity contribution >= 4 is 45.5 Å². The monoisotopic (exact) mass is 585 g/mol. The number of carbonyl (C=O) groups is 1. The second kappa shape index (κ2) is 13.3. The second-order valence-electron chi connectivity index (χ2n) is 9.69. The van der Waals surface area contributed by atoms with Crippen LogP contribution in [-0.2, 0) is 11.4 Å². The molecule has 4 aromatic rings. The zero-order valence-electron chi connectivity index (χ0n) is 23.0. The first-order valence-electron chi connectivity index (χ1n) is 13.6. The van der Waals surface area contributed by atoms with E-state index in [0.29, 0.717) is 62.2 Å². The first-order chi connectivity index (χ1) is 20.4. The molecule has 1 aliphatic heterocycles. The quantitative estimate of drug-likeness (QED) is 0.184. The van der Waals surface area contributed by atoms with Gasteiger partial charge in [0.25, 0.3) is 0 Å². The number of anilines is 3. The third-order valence-electron chi connectivity index (χ3n) is 6.71. The molecule has 2 heterocycles. The van der Waals surface area contributed by atoms with E-state index in [0.717, 1.165) is 31.5 Å². The van der Waals surface area contributed by atoms with Gasteiger partial charge in [0.05, 0.1) is 34.1 Å². The lowest BCUT2D eigenvalue weighted by molar-refractivity contribution is -0.112. The van der Waals surface area contributed by atoms with Crippen molar-refractivity contribution in [1.29, 1.82) is 5.26 Å². The van der Waals surface area contributed by atoms with Gasteiger partial charge in [-0.2, -0.15) is 5.26 Å². The fraction of sp³-hybridized carbons (Fsp3) is 0.219. The Balaban J connectivity index is 1.43. The fourth-order valence-electron chi connectivity index (χ4n) is 4.69. The van der Waals surface area contributed by atoms with Crippen LogP contribution in [0.2, 0.25) is 5.02 Å². The SMILES string of the molecule is CCOc1cc2ncc(C#N)c(Nc3ccc(OCc4cccc(F)c4)c(Cl)c3)c2cc1NC(=O)C=C1CCNCC1. The van der Waals surface area contributed by atoms with Gasteiger partial charge < -0.3 is 25.4 Å². The summed E-state index contributed by atoms with van der Waals surface area (Å²) in [6.07, 6.45) is 4.77. The van der Waals surface area contributed by atoms with Gasteiger partial charge in [-0.1, -0.05) is 29.3 Å². The van der Waals surface area contributed by atoms with Crippen molar-refractivity contribution in [3.05, 3.63) is 94.4 Å². The van der Waals surface area contributed by atoms with Crippen LogP contribution in [0.3, 0.4) is 0 Å². The van der Waals surface area contributed by atoms with E-state index in [2.05, 4.69) is 27.0 Å². The maximum absolute atomic E-state index is 13.5. The van der Waals surface area contributed by atoms with E-state index in [-0.39, 0.29) is 18.3 Å². The molecule has 1 amide bonds. The molecular formula is C32H29ClFN5O3. The number of nitriles is 1. The smallest absolute Gasteiger partial charge is 0.248 e. The molecule has 1 aromatic heterocycles. The number of ether oxygens (including phenoxy) is 2. The lowest BCUT2D eigenvalue weighted by Gasteiger charge is -2.17. The van der Waals surface area contributed by atoms with Crippen molar-refractivity contribution in [2.45, 2.75) is 26.4 Å². The zero-order chi connectivity index (χ0) is 29.5. The van der Waals surface area contributed by atoms with E-state index in [1.807, 2.05) is 6.92 Å². The van der Waals surface area contributed by atoms with E-state index in [9.17, 15) is 14.4 Å². The summed E-state index contributed by atoms with van der Waals surface area (Å²) in [4.78, 5) is 17.4. The molecule has 1 saturated heterocycles. The Bertz CT molecular complexity index is 1690. The number of pyridine rings is 1. The minimum absolute atomic E-state index is 0.155. The first kappa shape index (κ1) is 28.9. The fourth-order valence-corrected chi connectivity index (χ4v) is 4.92. The van der Waals surface area contributed by atoms with Crippen molar-refractivity contribution < 1.29 is 18.7 Å². The van der Waals surface area contributed by atoms with Crippen LogP contribution in [0.4, 0.5) is 21.5 Å². The Morgan fingerprint density at radius 3 is 2.71 bits per heavy atom. The summed E-state index contributed by atoms with van der Waals surface area (Å²) in [6, 6.07) is 17.0. The van der Waals surface area contributed by atoms with Crippen molar-refractivity contribution in [2.24, 2.45) is 0 Å². The van der Waals surface area contributed by atoms with Gasteiger partial charge in [0.2, 0.25) is 5.91 Å². The van der Waals surface area contributed by atoms with Gasteiger partial charge in [0.15, 0.2) is 0 Å². The van der Waals surface area contributed by atoms with Crippen molar-refractivity contribution in [2.75, 3.05) is 30.3 Å². The summed E-state index contributed by atoms with van der Waals surface area (Å²) in [6.45, 7) is 4.11. The van der Waals surface area contributed by atoms with Crippen LogP contribution in [-0.4, -0.2) is 30.6 Å². The molecule has 0 spiro atoms. The van der Waals surface area contributed by atoms with Gasteiger partial charge >= 0.3 is 0 Å². The number of halogens is 2. The number of aromatic nitrogens is 1. The van der Waals surface area contributed by atoms with Crippen LogP contribution < -0.4 is 25.4 Å². The van der Waals surface area contributed by atoms with E-state index >= 15 is 0 Å². The van der Waals surface area contributed by atoms with Crippen LogP contribution in [0.25, 0.3) is 10.9 Å². The number of nitrogens with one attached hydrogen (secondary N) is 3. The summed E-state index contributed by atoms with van der Waals surface area (Å²) >= 11 is 6.51. The molecule has 3 N–H and O–H groups in total. The summed E-state index contributed by atoms with van der Waals surface area (Å²) in [5.74, 6) is 0.329. The molecule has 0 bridgehead atoms. The van der Waals surface area contributed by atoms with Crippen LogP contribution in [0.1, 0.15) is 30.9 Å². The summed E-state index contributed by atoms with van der Waals surface area (Å²) in [7, 11) is 0. The molecule has 0 aliphatic carbocycles. The molecular weight excluding hydrogens is 557 g/mol. The predicted molar refractivity (Wildman–Crippen MR) is 162 cm³/mol. The Labute approximate surface area is 248 Å². The molecule has 1 fully saturated rings. The van der Waals surface area contributed by atoms with Crippen LogP contribution >= 0.6 is 11.6 Å². The minimum Gasteiger partial charge on any atom is -0.492 e. The summed E-state index contributed by atoms with van der Waals surface area (Å²) in [5.41, 5.74) is 4.23. The third kappa shape index (κ3) is 6.97. The van der Waals surface area contributed by atoms with E-state index < -0.39 is 0 Å². The topological polar surface area (TPSA) is 108 Å². The molecule has 0 atom stereocenters. The summed E-state index contributed by atoms with van der Waals surface area (Å²) < 4.78 is 25.1. The molecule has 3 aromatic carbocycles. The third-order valence-corrected chi connectivity index (χ3v) is 7.01. The van der Waals surface area contributed by atoms with Gasteiger partial charge in [0, 0.05) is 29.4 Å². The maximum atomic E-state index is 13.5. The summed E-state index contributed by atoms with van der Waals surface area (Å²) in [5, 5.41) is 20.4. The number of rotatable bonds is 9. The second-order valence-corrected chi connectivity index (χ2v) is 10.1. The highest BCUT2D eigenvalue weighted by atomic mass is 35.5. The Hall–Kier alpha value is -4.65. The number of nitrogens with zero attached hydrogens (tertiary/aromatic N) is 2. The van der Waals surface area contributed by atoms with Gasteiger partial charge in [-0.05, 0) is 74.8 Å². The Morgan fingerprint density at radius 2 is 1.98 bits per heavy atom. The van der Waals surface area contributed by atoms with E-state index in [1.165, 1.54) is 18.3 Å². The molecule has 0 radical (unpaired) electrons. The van der Waals surface area contributed by atoms with Crippen LogP contribution in [0, 0.1) is 17.1 Å². The maximum Gasteiger partial charge on any atom is 0.248 e. The average molecular weight is 586 g/mol. The van der Waals surface area contributed by atoms with Crippen LogP contribution in [0.5, 0.6) is 11.5 Å². The molecule has 214 valence electrons. The average Bonchev–Trinajstić information content (AvgIpc) is 2.98. The van der Waals surface area contributed by atoms with Crippen molar-refractivity contribution in [1.82, 2.24) is 10.3 Å². The lowest BCUT2D eigenvalue weighted by atomic mass is 10.0. The standard InChI is InChI=1S/C32H29ClFN5O3/c1-2-41-30-16-27-25(15-28(30)39-31(40)13-20-8-10-36-11-9-20)32(22(17-35)18-37-27)38-24-6-7-29(26(33)14-24)42-19-21-4-3-5-23(34)12-21/h3-7,12-16,18,36H,2,8-11,19H2,1H3,(H,37,38)(H,39,40). The Morgan fingerprint density at radius 1 is 1.14 bits per heavy atom. The molecule has 0 saturated carbocycles. The van der Waals surface area contributed by atoms with E-state index in [1.54, 1.807) is 48.5 Å². The molecule has 42 heavy (non-hydrogen) atoms. The van der Waals surface area contributed by atoms with Crippen molar-refractivity contribution in [3.8, 4) is 17.6 Å². The number of benzene rings is 3. The number of fused-ring (bicyclic) bond motifs is 1. The molecule has 8 nitrogen and oxygen atoms in total. The number of piperidine rings is 1. The highest BCUT2D eigenvalue weighted by Crippen LogP contribution is 2.37. The normalized spacial score (nSPS) is 12.9. The predicted octanol–water partition coefficient (Wildman–Crippen LogP) is 6.87. The van der Waals surface area contributed by atoms with Gasteiger partial charge in [0.1, 0.15) is 30.0 Å². The number of hydrogen-bond donors (Lipinski definition) is 3. The van der Waals surface area contributed by atoms with Crippen molar-refractivity contribution in [3.63, 3.8) is 0 Å². The highest BCUT2D eigenvalue weighted by molar-refractivity contribution is 6.32. The van der Waals surface area contributed by atoms with E-state index in [4.69, 9.17) is 21.1 Å². The van der Waals surface area contributed by atoms with Gasteiger partial charge in [-0.3, -0.25) is 9.78 Å². The zero-order valence-corrected chi connectivity index (χ0v) is 23.7. The van der Waals surface area contributed by atoms with Gasteiger partial charge in [-0.15, -0.1) is 0 Å². The molecule has 10 heteroatoms. The minimum atomic E-state index is -0.338. The molecule has 1 aliphatic rings. The van der Waals surface area contributed by atoms with Crippen LogP contribution in [0.15, 0.2) is 72.4 Å².